The van der Waals surface area contributed by atoms with Crippen molar-refractivity contribution in [1.29, 1.82) is 0 Å². The van der Waals surface area contributed by atoms with E-state index in [1.165, 1.54) is 31.2 Å². The van der Waals surface area contributed by atoms with Crippen LogP contribution in [0.15, 0.2) is 16.8 Å². The van der Waals surface area contributed by atoms with Gasteiger partial charge in [0.1, 0.15) is 0 Å². The van der Waals surface area contributed by atoms with Crippen LogP contribution in [0.2, 0.25) is 0 Å². The van der Waals surface area contributed by atoms with Gasteiger partial charge in [-0.15, -0.1) is 0 Å². The fraction of sp³-hybridized carbons (Fsp3) is 0.765. The van der Waals surface area contributed by atoms with E-state index in [1.54, 1.807) is 11.3 Å². The Morgan fingerprint density at radius 3 is 2.47 bits per heavy atom. The van der Waals surface area contributed by atoms with E-state index in [-0.39, 0.29) is 0 Å². The smallest absolute Gasteiger partial charge is 0.00703 e. The molecule has 1 aromatic rings. The van der Waals surface area contributed by atoms with Crippen molar-refractivity contribution >= 4 is 11.3 Å². The van der Waals surface area contributed by atoms with Crippen molar-refractivity contribution in [1.82, 2.24) is 0 Å². The Morgan fingerprint density at radius 1 is 1.26 bits per heavy atom. The van der Waals surface area contributed by atoms with Gasteiger partial charge in [0.05, 0.1) is 0 Å². The molecule has 1 aliphatic rings. The molecule has 0 bridgehead atoms. The first kappa shape index (κ1) is 15.1. The maximum absolute atomic E-state index is 6.42. The molecule has 2 rings (SSSR count). The van der Waals surface area contributed by atoms with E-state index in [4.69, 9.17) is 5.73 Å². The summed E-state index contributed by atoms with van der Waals surface area (Å²) >= 11 is 1.79. The van der Waals surface area contributed by atoms with Crippen molar-refractivity contribution in [2.45, 2.75) is 65.3 Å². The molecule has 1 atom stereocenters. The summed E-state index contributed by atoms with van der Waals surface area (Å²) < 4.78 is 0. The summed E-state index contributed by atoms with van der Waals surface area (Å²) in [6.07, 6.45) is 7.74. The second-order valence-corrected chi connectivity index (χ2v) is 8.09. The van der Waals surface area contributed by atoms with Gasteiger partial charge in [0.25, 0.3) is 0 Å². The number of nitrogens with two attached hydrogens (primary N) is 1. The van der Waals surface area contributed by atoms with Crippen molar-refractivity contribution in [3.05, 3.63) is 22.4 Å². The van der Waals surface area contributed by atoms with Crippen molar-refractivity contribution in [2.75, 3.05) is 0 Å². The molecular weight excluding hydrogens is 250 g/mol. The van der Waals surface area contributed by atoms with Crippen LogP contribution in [0, 0.1) is 17.3 Å². The number of hydrogen-bond acceptors (Lipinski definition) is 2. The zero-order valence-corrected chi connectivity index (χ0v) is 13.5. The maximum atomic E-state index is 6.42. The number of hydrogen-bond donors (Lipinski definition) is 1. The largest absolute Gasteiger partial charge is 0.327 e. The Bertz CT molecular complexity index is 355. The molecule has 0 aliphatic heterocycles. The molecule has 2 N–H and O–H groups in total. The predicted octanol–water partition coefficient (Wildman–Crippen LogP) is 4.86. The first-order valence-electron chi connectivity index (χ1n) is 7.73. The topological polar surface area (TPSA) is 26.0 Å². The molecule has 1 fully saturated rings. The van der Waals surface area contributed by atoms with Crippen LogP contribution in [0.3, 0.4) is 0 Å². The normalized spacial score (nSPS) is 26.3. The molecule has 0 spiro atoms. The van der Waals surface area contributed by atoms with Crippen molar-refractivity contribution in [3.8, 4) is 0 Å². The Balaban J connectivity index is 1.74. The third-order valence-corrected chi connectivity index (χ3v) is 5.68. The van der Waals surface area contributed by atoms with E-state index >= 15 is 0 Å². The van der Waals surface area contributed by atoms with Crippen molar-refractivity contribution in [2.24, 2.45) is 23.0 Å². The van der Waals surface area contributed by atoms with Crippen LogP contribution in [0.25, 0.3) is 0 Å². The summed E-state index contributed by atoms with van der Waals surface area (Å²) in [7, 11) is 0. The summed E-state index contributed by atoms with van der Waals surface area (Å²) in [6.45, 7) is 7.15. The zero-order valence-electron chi connectivity index (χ0n) is 12.7. The third-order valence-electron chi connectivity index (χ3n) is 4.95. The zero-order chi connectivity index (χ0) is 13.9. The van der Waals surface area contributed by atoms with Crippen LogP contribution in [0.4, 0.5) is 0 Å². The van der Waals surface area contributed by atoms with Crippen LogP contribution >= 0.6 is 11.3 Å². The molecule has 1 nitrogen and oxygen atoms in total. The van der Waals surface area contributed by atoms with E-state index in [9.17, 15) is 0 Å². The highest BCUT2D eigenvalue weighted by Crippen LogP contribution is 2.40. The van der Waals surface area contributed by atoms with Gasteiger partial charge in [0, 0.05) is 6.04 Å². The van der Waals surface area contributed by atoms with Gasteiger partial charge in [0.2, 0.25) is 0 Å². The van der Waals surface area contributed by atoms with Crippen LogP contribution in [-0.4, -0.2) is 6.04 Å². The first-order valence-corrected chi connectivity index (χ1v) is 8.68. The molecule has 0 aromatic carbocycles. The number of rotatable bonds is 4. The average Bonchev–Trinajstić information content (AvgIpc) is 2.88. The molecule has 0 amide bonds. The molecule has 0 radical (unpaired) electrons. The Hall–Kier alpha value is -0.340. The van der Waals surface area contributed by atoms with Crippen LogP contribution in [-0.2, 0) is 6.42 Å². The van der Waals surface area contributed by atoms with Crippen LogP contribution in [0.5, 0.6) is 0 Å². The average molecular weight is 279 g/mol. The Morgan fingerprint density at radius 2 is 1.95 bits per heavy atom. The lowest BCUT2D eigenvalue weighted by Crippen LogP contribution is -2.35. The van der Waals surface area contributed by atoms with Gasteiger partial charge in [0.15, 0.2) is 0 Å². The minimum Gasteiger partial charge on any atom is -0.327 e. The first-order chi connectivity index (χ1) is 8.97. The maximum Gasteiger partial charge on any atom is 0.00703 e. The highest BCUT2D eigenvalue weighted by atomic mass is 32.1. The summed E-state index contributed by atoms with van der Waals surface area (Å²) in [5, 5.41) is 4.42. The van der Waals surface area contributed by atoms with E-state index < -0.39 is 0 Å². The summed E-state index contributed by atoms with van der Waals surface area (Å²) in [5.74, 6) is 1.66. The molecule has 1 aliphatic carbocycles. The van der Waals surface area contributed by atoms with E-state index in [1.807, 2.05) is 0 Å². The third kappa shape index (κ3) is 4.32. The second kappa shape index (κ2) is 6.41. The molecule has 2 heteroatoms. The molecule has 1 unspecified atom stereocenters. The lowest BCUT2D eigenvalue weighted by atomic mass is 9.68. The summed E-state index contributed by atoms with van der Waals surface area (Å²) in [5.41, 5.74) is 8.36. The molecule has 1 heterocycles. The fourth-order valence-corrected chi connectivity index (χ4v) is 4.12. The van der Waals surface area contributed by atoms with Crippen molar-refractivity contribution < 1.29 is 0 Å². The van der Waals surface area contributed by atoms with Crippen LogP contribution in [0.1, 0.15) is 58.4 Å². The number of thiophene rings is 1. The SMILES string of the molecule is CC(C)(C)C1CCC(C(N)CCc2ccsc2)CC1. The molecule has 108 valence electrons. The molecule has 19 heavy (non-hydrogen) atoms. The summed E-state index contributed by atoms with van der Waals surface area (Å²) in [4.78, 5) is 0. The number of aryl methyl sites for hydroxylation is 1. The van der Waals surface area contributed by atoms with Gasteiger partial charge >= 0.3 is 0 Å². The van der Waals surface area contributed by atoms with Gasteiger partial charge in [-0.05, 0) is 78.2 Å². The Labute approximate surface area is 122 Å². The molecule has 1 aromatic heterocycles. The minimum atomic E-state index is 0.404. The fourth-order valence-electron chi connectivity index (χ4n) is 3.42. The minimum absolute atomic E-state index is 0.404. The van der Waals surface area contributed by atoms with Gasteiger partial charge < -0.3 is 5.73 Å². The van der Waals surface area contributed by atoms with Crippen molar-refractivity contribution in [3.63, 3.8) is 0 Å². The van der Waals surface area contributed by atoms with E-state index in [0.717, 1.165) is 24.7 Å². The lowest BCUT2D eigenvalue weighted by molar-refractivity contribution is 0.138. The quantitative estimate of drug-likeness (QED) is 0.837. The predicted molar refractivity (Wildman–Crippen MR) is 85.5 cm³/mol. The standard InChI is InChI=1S/C17H29NS/c1-17(2,3)15-7-5-14(6-8-15)16(18)9-4-13-10-11-19-12-13/h10-12,14-16H,4-9,18H2,1-3H3. The Kier molecular flexibility index (Phi) is 5.08. The van der Waals surface area contributed by atoms with Gasteiger partial charge in [-0.3, -0.25) is 0 Å². The van der Waals surface area contributed by atoms with Crippen LogP contribution < -0.4 is 5.73 Å². The summed E-state index contributed by atoms with van der Waals surface area (Å²) in [6, 6.07) is 2.63. The highest BCUT2D eigenvalue weighted by Gasteiger charge is 2.31. The molecular formula is C17H29NS. The van der Waals surface area contributed by atoms with E-state index in [2.05, 4.69) is 37.6 Å². The van der Waals surface area contributed by atoms with Gasteiger partial charge in [-0.25, -0.2) is 0 Å². The van der Waals surface area contributed by atoms with Gasteiger partial charge in [-0.2, -0.15) is 11.3 Å². The molecule has 1 saturated carbocycles. The molecule has 0 saturated heterocycles. The van der Waals surface area contributed by atoms with Gasteiger partial charge in [-0.1, -0.05) is 20.8 Å². The second-order valence-electron chi connectivity index (χ2n) is 7.31. The lowest BCUT2D eigenvalue weighted by Gasteiger charge is -2.38. The monoisotopic (exact) mass is 279 g/mol. The highest BCUT2D eigenvalue weighted by molar-refractivity contribution is 7.07. The van der Waals surface area contributed by atoms with E-state index in [0.29, 0.717) is 11.5 Å².